The summed E-state index contributed by atoms with van der Waals surface area (Å²) >= 11 is 0. The number of aryl methyl sites for hydroxylation is 1. The molecular weight excluding hydrogens is 292 g/mol. The number of aromatic nitrogens is 4. The van der Waals surface area contributed by atoms with E-state index in [0.29, 0.717) is 11.8 Å². The maximum Gasteiger partial charge on any atom is 0.243 e. The van der Waals surface area contributed by atoms with Gasteiger partial charge in [-0.05, 0) is 39.0 Å². The maximum atomic E-state index is 6.05. The van der Waals surface area contributed by atoms with Crippen LogP contribution < -0.4 is 0 Å². The number of imidazole rings is 1. The molecule has 3 heterocycles. The molecule has 23 heavy (non-hydrogen) atoms. The van der Waals surface area contributed by atoms with Gasteiger partial charge in [-0.15, -0.1) is 10.2 Å². The monoisotopic (exact) mass is 314 g/mol. The second kappa shape index (κ2) is 5.92. The van der Waals surface area contributed by atoms with E-state index in [0.717, 1.165) is 38.1 Å². The van der Waals surface area contributed by atoms with Crippen LogP contribution in [0.2, 0.25) is 0 Å². The second-order valence-corrected chi connectivity index (χ2v) is 6.49. The molecule has 0 saturated carbocycles. The second-order valence-electron chi connectivity index (χ2n) is 6.49. The molecule has 0 N–H and O–H groups in total. The molecule has 2 aromatic rings. The third-order valence-corrected chi connectivity index (χ3v) is 4.94. The molecule has 2 atom stereocenters. The highest BCUT2D eigenvalue weighted by Gasteiger charge is 2.35. The average Bonchev–Trinajstić information content (AvgIpc) is 3.28. The minimum Gasteiger partial charge on any atom is -0.421 e. The third-order valence-electron chi connectivity index (χ3n) is 4.94. The fraction of sp³-hybridized carbons (Fsp3) is 0.588. The van der Waals surface area contributed by atoms with Gasteiger partial charge in [0.15, 0.2) is 0 Å². The summed E-state index contributed by atoms with van der Waals surface area (Å²) in [5.74, 6) is 2.37. The minimum atomic E-state index is -0.115. The Morgan fingerprint density at radius 2 is 2.13 bits per heavy atom. The summed E-state index contributed by atoms with van der Waals surface area (Å²) in [7, 11) is 1.99. The molecule has 122 valence electrons. The van der Waals surface area contributed by atoms with Gasteiger partial charge in [-0.1, -0.05) is 5.57 Å². The lowest BCUT2D eigenvalue weighted by Crippen LogP contribution is -2.23. The number of hydrogen-bond donors (Lipinski definition) is 0. The highest BCUT2D eigenvalue weighted by molar-refractivity contribution is 5.63. The maximum absolute atomic E-state index is 6.05. The van der Waals surface area contributed by atoms with Crippen molar-refractivity contribution in [2.24, 2.45) is 7.05 Å². The number of hydrogen-bond acceptors (Lipinski definition) is 5. The molecule has 0 spiro atoms. The number of allylic oxidation sites excluding steroid dienone is 2. The van der Waals surface area contributed by atoms with Gasteiger partial charge in [-0.25, -0.2) is 4.98 Å². The summed E-state index contributed by atoms with van der Waals surface area (Å²) in [6.45, 7) is 2.91. The van der Waals surface area contributed by atoms with Crippen LogP contribution in [0.3, 0.4) is 0 Å². The van der Waals surface area contributed by atoms with Gasteiger partial charge in [0.1, 0.15) is 11.9 Å². The van der Waals surface area contributed by atoms with Crippen LogP contribution in [0, 0.1) is 0 Å². The smallest absolute Gasteiger partial charge is 0.243 e. The highest BCUT2D eigenvalue weighted by atomic mass is 16.5. The average molecular weight is 314 g/mol. The van der Waals surface area contributed by atoms with Gasteiger partial charge in [0, 0.05) is 31.6 Å². The lowest BCUT2D eigenvalue weighted by molar-refractivity contribution is -0.0158. The molecule has 0 aromatic carbocycles. The van der Waals surface area contributed by atoms with Gasteiger partial charge in [0.05, 0.1) is 5.92 Å². The van der Waals surface area contributed by atoms with E-state index in [4.69, 9.17) is 9.15 Å². The summed E-state index contributed by atoms with van der Waals surface area (Å²) < 4.78 is 14.1. The Morgan fingerprint density at radius 3 is 2.87 bits per heavy atom. The molecule has 0 unspecified atom stereocenters. The van der Waals surface area contributed by atoms with Gasteiger partial charge in [-0.3, -0.25) is 0 Å². The van der Waals surface area contributed by atoms with Crippen LogP contribution in [0.15, 0.2) is 22.4 Å². The third kappa shape index (κ3) is 2.61. The van der Waals surface area contributed by atoms with Crippen molar-refractivity contribution in [3.05, 3.63) is 35.6 Å². The van der Waals surface area contributed by atoms with E-state index in [-0.39, 0.29) is 12.0 Å². The van der Waals surface area contributed by atoms with Crippen molar-refractivity contribution >= 4 is 5.57 Å². The van der Waals surface area contributed by atoms with E-state index >= 15 is 0 Å². The van der Waals surface area contributed by atoms with E-state index in [1.54, 1.807) is 6.20 Å². The van der Waals surface area contributed by atoms with Gasteiger partial charge in [-0.2, -0.15) is 0 Å². The van der Waals surface area contributed by atoms with E-state index in [1.807, 2.05) is 17.8 Å². The highest BCUT2D eigenvalue weighted by Crippen LogP contribution is 2.40. The van der Waals surface area contributed by atoms with Gasteiger partial charge < -0.3 is 13.7 Å². The van der Waals surface area contributed by atoms with Crippen LogP contribution in [0.5, 0.6) is 0 Å². The molecule has 6 nitrogen and oxygen atoms in total. The lowest BCUT2D eigenvalue weighted by Gasteiger charge is -2.28. The Bertz CT molecular complexity index is 731. The molecule has 1 aliphatic carbocycles. The first-order chi connectivity index (χ1) is 11.2. The van der Waals surface area contributed by atoms with Crippen LogP contribution >= 0.6 is 0 Å². The lowest BCUT2D eigenvalue weighted by atomic mass is 9.93. The molecule has 6 heteroatoms. The van der Waals surface area contributed by atoms with Crippen molar-refractivity contribution in [2.45, 2.75) is 51.0 Å². The molecule has 1 fully saturated rings. The van der Waals surface area contributed by atoms with Crippen molar-refractivity contribution < 1.29 is 9.15 Å². The molecule has 4 rings (SSSR count). The van der Waals surface area contributed by atoms with E-state index in [9.17, 15) is 0 Å². The first-order valence-electron chi connectivity index (χ1n) is 8.35. The Balaban J connectivity index is 1.64. The first-order valence-corrected chi connectivity index (χ1v) is 8.35. The van der Waals surface area contributed by atoms with Crippen LogP contribution in [-0.4, -0.2) is 26.4 Å². The van der Waals surface area contributed by atoms with Gasteiger partial charge in [0.25, 0.3) is 0 Å². The van der Waals surface area contributed by atoms with E-state index in [2.05, 4.69) is 22.1 Å². The number of nitrogens with zero attached hydrogens (tertiary/aromatic N) is 4. The van der Waals surface area contributed by atoms with Crippen molar-refractivity contribution in [1.82, 2.24) is 19.7 Å². The van der Waals surface area contributed by atoms with Gasteiger partial charge in [0.2, 0.25) is 11.8 Å². The Labute approximate surface area is 135 Å². The molecule has 0 radical (unpaired) electrons. The normalized spacial score (nSPS) is 25.3. The molecule has 2 aliphatic rings. The summed E-state index contributed by atoms with van der Waals surface area (Å²) in [6, 6.07) is 0. The summed E-state index contributed by atoms with van der Waals surface area (Å²) in [6.07, 6.45) is 8.97. The largest absolute Gasteiger partial charge is 0.421 e. The number of ether oxygens (including phenoxy) is 1. The molecule has 1 saturated heterocycles. The quantitative estimate of drug-likeness (QED) is 0.868. The first kappa shape index (κ1) is 14.6. The van der Waals surface area contributed by atoms with Crippen LogP contribution in [-0.2, 0) is 11.8 Å². The standard InChI is InChI=1S/C17H22N4O2/c1-11-5-3-6-12(11)16-19-20-17(23-16)13-7-4-10-22-14(13)15-18-8-9-21(15)2/h8-9,13-14H,3-7,10H2,1-2H3/t13-,14-/m1/s1. The molecule has 0 amide bonds. The topological polar surface area (TPSA) is 66.0 Å². The fourth-order valence-electron chi connectivity index (χ4n) is 3.63. The summed E-state index contributed by atoms with van der Waals surface area (Å²) in [5.41, 5.74) is 2.61. The van der Waals surface area contributed by atoms with E-state index < -0.39 is 0 Å². The SMILES string of the molecule is CC1=C(c2nnc([C@@H]3CCCO[C@H]3c3nccn3C)o2)CCC1. The Kier molecular flexibility index (Phi) is 3.77. The van der Waals surface area contributed by atoms with Crippen LogP contribution in [0.4, 0.5) is 0 Å². The Hall–Kier alpha value is -1.95. The minimum absolute atomic E-state index is 0.0772. The molecular formula is C17H22N4O2. The zero-order valence-electron chi connectivity index (χ0n) is 13.7. The molecule has 2 aromatic heterocycles. The van der Waals surface area contributed by atoms with Crippen molar-refractivity contribution in [1.29, 1.82) is 0 Å². The summed E-state index contributed by atoms with van der Waals surface area (Å²) in [5, 5.41) is 8.65. The zero-order chi connectivity index (χ0) is 15.8. The van der Waals surface area contributed by atoms with Crippen LogP contribution in [0.1, 0.15) is 68.7 Å². The molecule has 1 aliphatic heterocycles. The molecule has 0 bridgehead atoms. The van der Waals surface area contributed by atoms with E-state index in [1.165, 1.54) is 17.6 Å². The summed E-state index contributed by atoms with van der Waals surface area (Å²) in [4.78, 5) is 4.45. The van der Waals surface area contributed by atoms with Gasteiger partial charge >= 0.3 is 0 Å². The van der Waals surface area contributed by atoms with Crippen LogP contribution in [0.25, 0.3) is 5.57 Å². The van der Waals surface area contributed by atoms with Crippen molar-refractivity contribution in [2.75, 3.05) is 6.61 Å². The van der Waals surface area contributed by atoms with Crippen molar-refractivity contribution in [3.8, 4) is 0 Å². The van der Waals surface area contributed by atoms with Crippen molar-refractivity contribution in [3.63, 3.8) is 0 Å². The zero-order valence-corrected chi connectivity index (χ0v) is 13.7. The predicted molar refractivity (Wildman–Crippen MR) is 84.6 cm³/mol. The number of rotatable bonds is 3. The fourth-order valence-corrected chi connectivity index (χ4v) is 3.63. The Morgan fingerprint density at radius 1 is 1.22 bits per heavy atom. The predicted octanol–water partition coefficient (Wildman–Crippen LogP) is 3.40.